The van der Waals surface area contributed by atoms with E-state index < -0.39 is 0 Å². The van der Waals surface area contributed by atoms with Crippen molar-refractivity contribution in [2.45, 2.75) is 20.3 Å². The van der Waals surface area contributed by atoms with Gasteiger partial charge in [-0.2, -0.15) is 5.10 Å². The Bertz CT molecular complexity index is 363. The van der Waals surface area contributed by atoms with Gasteiger partial charge in [-0.05, 0) is 24.5 Å². The number of nitrogens with zero attached hydrogens (tertiary/aromatic N) is 3. The zero-order chi connectivity index (χ0) is 12.8. The molecule has 5 heteroatoms. The molecular formula is C12H19N3O2. The Kier molecular flexibility index (Phi) is 4.87. The van der Waals surface area contributed by atoms with Crippen LogP contribution in [0.25, 0.3) is 0 Å². The highest BCUT2D eigenvalue weighted by molar-refractivity contribution is 5.74. The van der Waals surface area contributed by atoms with E-state index in [9.17, 15) is 4.79 Å². The number of rotatable bonds is 5. The summed E-state index contributed by atoms with van der Waals surface area (Å²) in [5, 5.41) is 8.22. The molecule has 0 N–H and O–H groups in total. The molecule has 0 bridgehead atoms. The molecule has 0 radical (unpaired) electrons. The summed E-state index contributed by atoms with van der Waals surface area (Å²) >= 11 is 0. The number of ether oxygens (including phenoxy) is 1. The molecule has 1 aromatic heterocycles. The normalized spacial score (nSPS) is 10.4. The van der Waals surface area contributed by atoms with Gasteiger partial charge < -0.3 is 9.64 Å². The van der Waals surface area contributed by atoms with Crippen LogP contribution in [-0.2, 0) is 16.0 Å². The number of anilines is 1. The fourth-order valence-corrected chi connectivity index (χ4v) is 1.42. The summed E-state index contributed by atoms with van der Waals surface area (Å²) in [4.78, 5) is 12.8. The van der Waals surface area contributed by atoms with Crippen LogP contribution in [0.3, 0.4) is 0 Å². The topological polar surface area (TPSA) is 55.3 Å². The number of hydrogen-bond acceptors (Lipinski definition) is 5. The maximum atomic E-state index is 11.1. The number of aromatic nitrogens is 2. The van der Waals surface area contributed by atoms with Crippen molar-refractivity contribution in [3.05, 3.63) is 17.8 Å². The van der Waals surface area contributed by atoms with E-state index in [1.807, 2.05) is 12.1 Å². The van der Waals surface area contributed by atoms with E-state index in [-0.39, 0.29) is 12.5 Å². The zero-order valence-electron chi connectivity index (χ0n) is 10.8. The van der Waals surface area contributed by atoms with Gasteiger partial charge in [0.2, 0.25) is 0 Å². The van der Waals surface area contributed by atoms with E-state index in [1.54, 1.807) is 11.9 Å². The van der Waals surface area contributed by atoms with Gasteiger partial charge in [-0.3, -0.25) is 4.79 Å². The summed E-state index contributed by atoms with van der Waals surface area (Å²) < 4.78 is 4.59. The van der Waals surface area contributed by atoms with E-state index in [0.29, 0.717) is 11.7 Å². The first-order valence-corrected chi connectivity index (χ1v) is 5.63. The average Bonchev–Trinajstić information content (AvgIpc) is 2.28. The third-order valence-corrected chi connectivity index (χ3v) is 2.31. The molecule has 0 atom stereocenters. The lowest BCUT2D eigenvalue weighted by molar-refractivity contribution is -0.138. The van der Waals surface area contributed by atoms with E-state index in [0.717, 1.165) is 12.1 Å². The maximum Gasteiger partial charge on any atom is 0.325 e. The number of carbonyl (C=O) groups excluding carboxylic acids is 1. The van der Waals surface area contributed by atoms with E-state index in [2.05, 4.69) is 28.8 Å². The predicted octanol–water partition coefficient (Wildman–Crippen LogP) is 1.28. The molecule has 0 fully saturated rings. The second kappa shape index (κ2) is 6.18. The van der Waals surface area contributed by atoms with Gasteiger partial charge in [-0.15, -0.1) is 5.10 Å². The maximum absolute atomic E-state index is 11.1. The van der Waals surface area contributed by atoms with Crippen molar-refractivity contribution in [2.75, 3.05) is 25.6 Å². The molecule has 0 aliphatic carbocycles. The number of carbonyl (C=O) groups is 1. The Morgan fingerprint density at radius 3 is 2.59 bits per heavy atom. The number of hydrogen-bond donors (Lipinski definition) is 0. The summed E-state index contributed by atoms with van der Waals surface area (Å²) in [6.07, 6.45) is 0.911. The Hall–Kier alpha value is -1.65. The van der Waals surface area contributed by atoms with Crippen molar-refractivity contribution in [3.8, 4) is 0 Å². The SMILES string of the molecule is COC(=O)CN(C)c1ccc(CC(C)C)nn1. The van der Waals surface area contributed by atoms with Crippen molar-refractivity contribution in [2.24, 2.45) is 5.92 Å². The van der Waals surface area contributed by atoms with Crippen molar-refractivity contribution >= 4 is 11.8 Å². The average molecular weight is 237 g/mol. The molecule has 0 saturated heterocycles. The molecule has 0 aliphatic rings. The van der Waals surface area contributed by atoms with Crippen LogP contribution in [0.1, 0.15) is 19.5 Å². The lowest BCUT2D eigenvalue weighted by Gasteiger charge is -2.15. The molecule has 1 aromatic rings. The van der Waals surface area contributed by atoms with Crippen LogP contribution in [-0.4, -0.2) is 36.9 Å². The Balaban J connectivity index is 2.63. The molecule has 1 rings (SSSR count). The lowest BCUT2D eigenvalue weighted by atomic mass is 10.1. The molecule has 0 amide bonds. The quantitative estimate of drug-likeness (QED) is 0.722. The van der Waals surface area contributed by atoms with Crippen molar-refractivity contribution in [1.82, 2.24) is 10.2 Å². The summed E-state index contributed by atoms with van der Waals surface area (Å²) in [5.74, 6) is 0.936. The number of likely N-dealkylation sites (N-methyl/N-ethyl adjacent to an activating group) is 1. The predicted molar refractivity (Wildman–Crippen MR) is 65.9 cm³/mol. The summed E-state index contributed by atoms with van der Waals surface area (Å²) in [6, 6.07) is 3.81. The first-order chi connectivity index (χ1) is 8.02. The molecular weight excluding hydrogens is 218 g/mol. The van der Waals surface area contributed by atoms with Gasteiger partial charge in [0.05, 0.1) is 12.8 Å². The van der Waals surface area contributed by atoms with Gasteiger partial charge >= 0.3 is 5.97 Å². The van der Waals surface area contributed by atoms with Crippen LogP contribution in [0.2, 0.25) is 0 Å². The van der Waals surface area contributed by atoms with Crippen LogP contribution < -0.4 is 4.90 Å². The number of esters is 1. The summed E-state index contributed by atoms with van der Waals surface area (Å²) in [6.45, 7) is 4.45. The molecule has 0 saturated carbocycles. The zero-order valence-corrected chi connectivity index (χ0v) is 10.8. The molecule has 0 spiro atoms. The highest BCUT2D eigenvalue weighted by atomic mass is 16.5. The minimum atomic E-state index is -0.291. The van der Waals surface area contributed by atoms with Gasteiger partial charge in [-0.1, -0.05) is 13.8 Å². The van der Waals surface area contributed by atoms with Crippen molar-refractivity contribution < 1.29 is 9.53 Å². The minimum absolute atomic E-state index is 0.175. The van der Waals surface area contributed by atoms with Gasteiger partial charge in [0.1, 0.15) is 6.54 Å². The highest BCUT2D eigenvalue weighted by Gasteiger charge is 2.09. The van der Waals surface area contributed by atoms with Crippen LogP contribution in [0, 0.1) is 5.92 Å². The Labute approximate surface area is 102 Å². The third-order valence-electron chi connectivity index (χ3n) is 2.31. The van der Waals surface area contributed by atoms with Crippen LogP contribution in [0.15, 0.2) is 12.1 Å². The van der Waals surface area contributed by atoms with Gasteiger partial charge in [0.15, 0.2) is 5.82 Å². The molecule has 1 heterocycles. The lowest BCUT2D eigenvalue weighted by Crippen LogP contribution is -2.27. The molecule has 17 heavy (non-hydrogen) atoms. The fourth-order valence-electron chi connectivity index (χ4n) is 1.42. The first kappa shape index (κ1) is 13.4. The standard InChI is InChI=1S/C12H19N3O2/c1-9(2)7-10-5-6-11(14-13-10)15(3)8-12(16)17-4/h5-6,9H,7-8H2,1-4H3. The number of methoxy groups -OCH3 is 1. The van der Waals surface area contributed by atoms with Crippen molar-refractivity contribution in [1.29, 1.82) is 0 Å². The van der Waals surface area contributed by atoms with Crippen LogP contribution >= 0.6 is 0 Å². The van der Waals surface area contributed by atoms with E-state index >= 15 is 0 Å². The molecule has 0 aromatic carbocycles. The monoisotopic (exact) mass is 237 g/mol. The highest BCUT2D eigenvalue weighted by Crippen LogP contribution is 2.10. The third kappa shape index (κ3) is 4.38. The van der Waals surface area contributed by atoms with Gasteiger partial charge in [-0.25, -0.2) is 0 Å². The smallest absolute Gasteiger partial charge is 0.325 e. The molecule has 94 valence electrons. The summed E-state index contributed by atoms with van der Waals surface area (Å²) in [5.41, 5.74) is 0.968. The van der Waals surface area contributed by atoms with Gasteiger partial charge in [0, 0.05) is 7.05 Å². The minimum Gasteiger partial charge on any atom is -0.468 e. The molecule has 0 aliphatic heterocycles. The van der Waals surface area contributed by atoms with Crippen LogP contribution in [0.5, 0.6) is 0 Å². The van der Waals surface area contributed by atoms with Crippen molar-refractivity contribution in [3.63, 3.8) is 0 Å². The Morgan fingerprint density at radius 1 is 1.41 bits per heavy atom. The fraction of sp³-hybridized carbons (Fsp3) is 0.583. The van der Waals surface area contributed by atoms with E-state index in [4.69, 9.17) is 0 Å². The first-order valence-electron chi connectivity index (χ1n) is 5.63. The second-order valence-corrected chi connectivity index (χ2v) is 4.41. The van der Waals surface area contributed by atoms with E-state index in [1.165, 1.54) is 7.11 Å². The molecule has 5 nitrogen and oxygen atoms in total. The Morgan fingerprint density at radius 2 is 2.12 bits per heavy atom. The summed E-state index contributed by atoms with van der Waals surface area (Å²) in [7, 11) is 3.15. The second-order valence-electron chi connectivity index (χ2n) is 4.41. The van der Waals surface area contributed by atoms with Gasteiger partial charge in [0.25, 0.3) is 0 Å². The molecule has 0 unspecified atom stereocenters. The van der Waals surface area contributed by atoms with Crippen LogP contribution in [0.4, 0.5) is 5.82 Å². The largest absolute Gasteiger partial charge is 0.468 e.